The van der Waals surface area contributed by atoms with Gasteiger partial charge in [0.05, 0.1) is 5.71 Å². The lowest BCUT2D eigenvalue weighted by molar-refractivity contribution is 0.202. The van der Waals surface area contributed by atoms with E-state index in [4.69, 9.17) is 9.98 Å². The number of allylic oxidation sites excluding steroid dienone is 3. The fraction of sp³-hybridized carbons (Fsp3) is 0.212. The number of hydrogen-bond acceptors (Lipinski definition) is 6. The van der Waals surface area contributed by atoms with E-state index in [1.54, 1.807) is 6.20 Å². The highest BCUT2D eigenvalue weighted by atomic mass is 19.1. The Hall–Kier alpha value is -4.69. The Labute approximate surface area is 238 Å². The predicted molar refractivity (Wildman–Crippen MR) is 158 cm³/mol. The van der Waals surface area contributed by atoms with E-state index >= 15 is 0 Å². The van der Waals surface area contributed by atoms with Gasteiger partial charge in [0, 0.05) is 42.2 Å². The normalized spacial score (nSPS) is 17.6. The predicted octanol–water partition coefficient (Wildman–Crippen LogP) is 6.29. The molecular formula is C33H30FN7. The van der Waals surface area contributed by atoms with Gasteiger partial charge in [-0.1, -0.05) is 48.5 Å². The second kappa shape index (κ2) is 11.1. The summed E-state index contributed by atoms with van der Waals surface area (Å²) in [5.74, 6) is 2.66. The van der Waals surface area contributed by atoms with Crippen LogP contribution in [0.3, 0.4) is 0 Å². The summed E-state index contributed by atoms with van der Waals surface area (Å²) in [5.41, 5.74) is 5.93. The Kier molecular flexibility index (Phi) is 6.82. The molecule has 3 aliphatic rings. The molecule has 0 unspecified atom stereocenters. The van der Waals surface area contributed by atoms with Gasteiger partial charge < -0.3 is 4.90 Å². The van der Waals surface area contributed by atoms with Crippen molar-refractivity contribution in [1.29, 1.82) is 0 Å². The topological polar surface area (TPSA) is 73.3 Å². The smallest absolute Gasteiger partial charge is 0.199 e. The number of aromatic nitrogens is 4. The van der Waals surface area contributed by atoms with Crippen molar-refractivity contribution in [3.63, 3.8) is 0 Å². The molecule has 4 aromatic rings. The van der Waals surface area contributed by atoms with Crippen LogP contribution in [0.25, 0.3) is 17.1 Å². The molecule has 2 aromatic carbocycles. The van der Waals surface area contributed by atoms with E-state index in [0.29, 0.717) is 11.7 Å². The summed E-state index contributed by atoms with van der Waals surface area (Å²) in [6, 6.07) is 21.1. The first kappa shape index (κ1) is 25.3. The molecule has 3 aliphatic heterocycles. The zero-order chi connectivity index (χ0) is 27.6. The van der Waals surface area contributed by atoms with Crippen LogP contribution in [0.4, 0.5) is 4.39 Å². The van der Waals surface area contributed by atoms with Crippen LogP contribution in [-0.4, -0.2) is 48.8 Å². The minimum Gasteiger partial charge on any atom is -0.309 e. The van der Waals surface area contributed by atoms with Gasteiger partial charge in [-0.3, -0.25) is 15.0 Å². The van der Waals surface area contributed by atoms with Crippen molar-refractivity contribution in [3.8, 4) is 11.5 Å². The van der Waals surface area contributed by atoms with Crippen molar-refractivity contribution < 1.29 is 4.39 Å². The van der Waals surface area contributed by atoms with Gasteiger partial charge in [0.15, 0.2) is 5.82 Å². The Morgan fingerprint density at radius 2 is 1.73 bits per heavy atom. The number of likely N-dealkylation sites (tertiary alicyclic amines) is 1. The fourth-order valence-electron chi connectivity index (χ4n) is 5.64. The molecule has 0 amide bonds. The highest BCUT2D eigenvalue weighted by molar-refractivity contribution is 6.32. The summed E-state index contributed by atoms with van der Waals surface area (Å²) in [6.07, 6.45) is 13.0. The van der Waals surface area contributed by atoms with Crippen molar-refractivity contribution in [2.45, 2.75) is 31.7 Å². The summed E-state index contributed by atoms with van der Waals surface area (Å²) in [5, 5.41) is 7.54. The van der Waals surface area contributed by atoms with Crippen LogP contribution in [0.2, 0.25) is 0 Å². The van der Waals surface area contributed by atoms with Crippen molar-refractivity contribution in [2.75, 3.05) is 13.1 Å². The Balaban J connectivity index is 1.02. The van der Waals surface area contributed by atoms with Gasteiger partial charge in [0.25, 0.3) is 0 Å². The van der Waals surface area contributed by atoms with E-state index in [0.717, 1.165) is 78.6 Å². The van der Waals surface area contributed by atoms with Crippen LogP contribution in [0, 0.1) is 5.82 Å². The van der Waals surface area contributed by atoms with E-state index in [-0.39, 0.29) is 5.82 Å². The van der Waals surface area contributed by atoms with Gasteiger partial charge in [-0.15, -0.1) is 0 Å². The third-order valence-corrected chi connectivity index (χ3v) is 7.88. The number of nitrogens with zero attached hydrogens (tertiary/aromatic N) is 6. The number of benzene rings is 2. The number of fused-ring (bicyclic) bond motifs is 1. The molecular weight excluding hydrogens is 513 g/mol. The number of pyridine rings is 1. The maximum absolute atomic E-state index is 13.7. The van der Waals surface area contributed by atoms with Crippen molar-refractivity contribution >= 4 is 11.3 Å². The maximum Gasteiger partial charge on any atom is 0.199 e. The van der Waals surface area contributed by atoms with Gasteiger partial charge in [0.1, 0.15) is 23.2 Å². The molecule has 1 fully saturated rings. The van der Waals surface area contributed by atoms with Crippen LogP contribution >= 0.6 is 0 Å². The van der Waals surface area contributed by atoms with Gasteiger partial charge in [0.2, 0.25) is 0 Å². The quantitative estimate of drug-likeness (QED) is 0.309. The third kappa shape index (κ3) is 5.38. The van der Waals surface area contributed by atoms with Gasteiger partial charge in [-0.25, -0.2) is 14.4 Å². The number of H-pyrrole nitrogens is 1. The van der Waals surface area contributed by atoms with Crippen molar-refractivity contribution in [1.82, 2.24) is 30.0 Å². The van der Waals surface area contributed by atoms with Gasteiger partial charge in [-0.05, 0) is 73.8 Å². The van der Waals surface area contributed by atoms with E-state index in [1.165, 1.54) is 17.7 Å². The molecule has 8 heteroatoms. The molecule has 0 atom stereocenters. The van der Waals surface area contributed by atoms with Gasteiger partial charge in [-0.2, -0.15) is 5.10 Å². The number of halogens is 1. The van der Waals surface area contributed by atoms with Gasteiger partial charge >= 0.3 is 0 Å². The number of nitrogens with one attached hydrogen (secondary N) is 1. The average Bonchev–Trinajstić information content (AvgIpc) is 3.53. The standard InChI is InChI=1S/C33H30FN7/c34-27-13-11-24(12-14-27)28-22-41-18-4-2-6-30(41)36-31(28)25-9-7-23(8-10-25)21-40-19-15-26(16-20-40)32-37-33(39-38-32)29-5-1-3-17-35-29/h1,3-14,17-18,22,26H,2,15-16,19-21H2,(H,37,38,39). The second-order valence-corrected chi connectivity index (χ2v) is 10.6. The lowest BCUT2D eigenvalue weighted by Crippen LogP contribution is -2.32. The molecule has 1 N–H and O–H groups in total. The van der Waals surface area contributed by atoms with E-state index in [1.807, 2.05) is 41.4 Å². The minimum atomic E-state index is -0.245. The third-order valence-electron chi connectivity index (χ3n) is 7.88. The van der Waals surface area contributed by atoms with Crippen LogP contribution in [0.5, 0.6) is 0 Å². The van der Waals surface area contributed by atoms with E-state index < -0.39 is 0 Å². The van der Waals surface area contributed by atoms with Crippen LogP contribution < -0.4 is 0 Å². The first-order valence-electron chi connectivity index (χ1n) is 14.1. The molecule has 0 radical (unpaired) electrons. The maximum atomic E-state index is 13.7. The lowest BCUT2D eigenvalue weighted by Gasteiger charge is -2.31. The number of aromatic amines is 1. The molecule has 0 saturated carbocycles. The summed E-state index contributed by atoms with van der Waals surface area (Å²) < 4.78 is 13.7. The van der Waals surface area contributed by atoms with Crippen LogP contribution in [-0.2, 0) is 6.54 Å². The molecule has 1 saturated heterocycles. The highest BCUT2D eigenvalue weighted by Gasteiger charge is 2.25. The first-order chi connectivity index (χ1) is 20.2. The summed E-state index contributed by atoms with van der Waals surface area (Å²) >= 11 is 0. The second-order valence-electron chi connectivity index (χ2n) is 10.6. The fourth-order valence-corrected chi connectivity index (χ4v) is 5.64. The number of piperidine rings is 1. The van der Waals surface area contributed by atoms with Crippen molar-refractivity contribution in [3.05, 3.63) is 132 Å². The minimum absolute atomic E-state index is 0.245. The molecule has 7 nitrogen and oxygen atoms in total. The van der Waals surface area contributed by atoms with Crippen LogP contribution in [0.1, 0.15) is 47.7 Å². The SMILES string of the molecule is Fc1ccc(C2=CN3C=CCC=C3N=C2c2ccc(CN3CCC(c4nc(-c5ccccn5)n[nH]4)CC3)cc2)cc1. The largest absolute Gasteiger partial charge is 0.309 e. The number of hydrogen-bond donors (Lipinski definition) is 1. The Morgan fingerprint density at radius 1 is 0.927 bits per heavy atom. The van der Waals surface area contributed by atoms with Crippen molar-refractivity contribution in [2.24, 2.45) is 4.99 Å². The molecule has 5 heterocycles. The Morgan fingerprint density at radius 3 is 2.51 bits per heavy atom. The molecule has 0 spiro atoms. The molecule has 204 valence electrons. The molecule has 0 bridgehead atoms. The summed E-state index contributed by atoms with van der Waals surface area (Å²) in [6.45, 7) is 2.92. The highest BCUT2D eigenvalue weighted by Crippen LogP contribution is 2.31. The number of rotatable bonds is 6. The average molecular weight is 544 g/mol. The first-order valence-corrected chi connectivity index (χ1v) is 14.1. The number of aliphatic imine (C=N–C) groups is 1. The summed E-state index contributed by atoms with van der Waals surface area (Å²) in [7, 11) is 0. The molecule has 2 aromatic heterocycles. The monoisotopic (exact) mass is 543 g/mol. The Bertz CT molecular complexity index is 1640. The van der Waals surface area contributed by atoms with Crippen LogP contribution in [0.15, 0.2) is 108 Å². The molecule has 7 rings (SSSR count). The van der Waals surface area contributed by atoms with E-state index in [2.05, 4.69) is 62.7 Å². The zero-order valence-corrected chi connectivity index (χ0v) is 22.6. The van der Waals surface area contributed by atoms with E-state index in [9.17, 15) is 4.39 Å². The lowest BCUT2D eigenvalue weighted by atomic mass is 9.94. The zero-order valence-electron chi connectivity index (χ0n) is 22.6. The summed E-state index contributed by atoms with van der Waals surface area (Å²) in [4.78, 5) is 18.6. The molecule has 0 aliphatic carbocycles. The molecule has 41 heavy (non-hydrogen) atoms.